The van der Waals surface area contributed by atoms with Crippen LogP contribution in [0.15, 0.2) is 15.0 Å². The molecule has 0 atom stereocenters. The van der Waals surface area contributed by atoms with Crippen LogP contribution in [-0.4, -0.2) is 9.97 Å². The zero-order valence-electron chi connectivity index (χ0n) is 10.5. The highest BCUT2D eigenvalue weighted by Gasteiger charge is 2.24. The van der Waals surface area contributed by atoms with Crippen LogP contribution in [0.5, 0.6) is 0 Å². The summed E-state index contributed by atoms with van der Waals surface area (Å²) in [5.74, 6) is 1.63. The number of halogens is 3. The number of rotatable bonds is 2. The summed E-state index contributed by atoms with van der Waals surface area (Å²) >= 11 is 14.5. The van der Waals surface area contributed by atoms with Crippen LogP contribution in [0, 0.1) is 0 Å². The van der Waals surface area contributed by atoms with Crippen molar-refractivity contribution in [3.05, 3.63) is 25.0 Å². The van der Waals surface area contributed by atoms with Crippen molar-refractivity contribution in [3.63, 3.8) is 0 Å². The average Bonchev–Trinajstić information content (AvgIpc) is 3.04. The van der Waals surface area contributed by atoms with Gasteiger partial charge in [-0.1, -0.05) is 24.4 Å². The number of hydrogen-bond acceptors (Lipinski definition) is 4. The Morgan fingerprint density at radius 2 is 1.95 bits per heavy atom. The van der Waals surface area contributed by atoms with E-state index >= 15 is 0 Å². The molecule has 2 heterocycles. The van der Waals surface area contributed by atoms with E-state index in [9.17, 15) is 0 Å². The second-order valence-electron chi connectivity index (χ2n) is 4.85. The fraction of sp³-hybridized carbons (Fsp3) is 0.385. The molecule has 2 N–H and O–H groups in total. The Balaban J connectivity index is 2.08. The third-order valence-electron chi connectivity index (χ3n) is 3.51. The van der Waals surface area contributed by atoms with Crippen LogP contribution in [0.2, 0.25) is 4.34 Å². The Morgan fingerprint density at radius 1 is 1.25 bits per heavy atom. The molecule has 0 radical (unpaired) electrons. The molecule has 7 heteroatoms. The summed E-state index contributed by atoms with van der Waals surface area (Å²) in [6.45, 7) is 0. The van der Waals surface area contributed by atoms with Gasteiger partial charge in [0.1, 0.15) is 10.2 Å². The Bertz CT molecular complexity index is 634. The summed E-state index contributed by atoms with van der Waals surface area (Å²) in [6.07, 6.45) is 4.85. The maximum absolute atomic E-state index is 6.09. The minimum atomic E-state index is 0.479. The lowest BCUT2D eigenvalue weighted by Crippen LogP contribution is -2.05. The van der Waals surface area contributed by atoms with E-state index < -0.39 is 0 Å². The predicted molar refractivity (Wildman–Crippen MR) is 91.4 cm³/mol. The van der Waals surface area contributed by atoms with Gasteiger partial charge in [-0.2, -0.15) is 0 Å². The molecule has 2 aromatic heterocycles. The number of nitrogens with two attached hydrogens (primary N) is 1. The Morgan fingerprint density at radius 3 is 2.55 bits per heavy atom. The predicted octanol–water partition coefficient (Wildman–Crippen LogP) is 5.62. The third-order valence-corrected chi connectivity index (χ3v) is 6.79. The third kappa shape index (κ3) is 2.75. The van der Waals surface area contributed by atoms with Crippen LogP contribution in [-0.2, 0) is 0 Å². The van der Waals surface area contributed by atoms with E-state index in [1.807, 2.05) is 6.07 Å². The first-order chi connectivity index (χ1) is 9.56. The molecule has 1 aliphatic carbocycles. The largest absolute Gasteiger partial charge is 0.383 e. The molecule has 0 aromatic carbocycles. The van der Waals surface area contributed by atoms with E-state index in [1.54, 1.807) is 0 Å². The molecule has 1 aliphatic rings. The quantitative estimate of drug-likeness (QED) is 0.663. The van der Waals surface area contributed by atoms with Crippen molar-refractivity contribution in [3.8, 4) is 10.7 Å². The zero-order valence-corrected chi connectivity index (χ0v) is 15.2. The van der Waals surface area contributed by atoms with Crippen molar-refractivity contribution in [2.24, 2.45) is 0 Å². The minimum absolute atomic E-state index is 0.479. The first-order valence-electron chi connectivity index (χ1n) is 6.34. The van der Waals surface area contributed by atoms with Crippen molar-refractivity contribution in [1.82, 2.24) is 9.97 Å². The summed E-state index contributed by atoms with van der Waals surface area (Å²) in [6, 6.07) is 1.94. The van der Waals surface area contributed by atoms with Gasteiger partial charge in [0.15, 0.2) is 5.82 Å². The van der Waals surface area contributed by atoms with Crippen molar-refractivity contribution in [1.29, 1.82) is 0 Å². The molecular formula is C13H12Br2ClN3S. The van der Waals surface area contributed by atoms with Crippen molar-refractivity contribution in [2.45, 2.75) is 31.6 Å². The van der Waals surface area contributed by atoms with E-state index in [4.69, 9.17) is 22.3 Å². The normalized spacial score (nSPS) is 15.9. The molecule has 2 aromatic rings. The number of thiophene rings is 1. The smallest absolute Gasteiger partial charge is 0.172 e. The Kier molecular flexibility index (Phi) is 4.36. The molecule has 3 rings (SSSR count). The molecule has 20 heavy (non-hydrogen) atoms. The molecule has 3 nitrogen and oxygen atoms in total. The van der Waals surface area contributed by atoms with Gasteiger partial charge < -0.3 is 5.73 Å². The topological polar surface area (TPSA) is 51.8 Å². The van der Waals surface area contributed by atoms with Gasteiger partial charge >= 0.3 is 0 Å². The highest BCUT2D eigenvalue weighted by Crippen LogP contribution is 2.41. The summed E-state index contributed by atoms with van der Waals surface area (Å²) in [5.41, 5.74) is 7.07. The lowest BCUT2D eigenvalue weighted by atomic mass is 10.0. The lowest BCUT2D eigenvalue weighted by molar-refractivity contribution is 0.692. The molecule has 106 valence electrons. The van der Waals surface area contributed by atoms with Crippen molar-refractivity contribution in [2.75, 3.05) is 5.73 Å². The second kappa shape index (κ2) is 5.91. The van der Waals surface area contributed by atoms with E-state index in [0.29, 0.717) is 21.9 Å². The van der Waals surface area contributed by atoms with Crippen LogP contribution < -0.4 is 5.73 Å². The van der Waals surface area contributed by atoms with Gasteiger partial charge in [-0.3, -0.25) is 0 Å². The van der Waals surface area contributed by atoms with Gasteiger partial charge in [0.25, 0.3) is 0 Å². The van der Waals surface area contributed by atoms with Gasteiger partial charge in [0.05, 0.1) is 15.0 Å². The molecule has 1 saturated carbocycles. The van der Waals surface area contributed by atoms with Crippen LogP contribution in [0.25, 0.3) is 10.7 Å². The van der Waals surface area contributed by atoms with E-state index in [1.165, 1.54) is 37.0 Å². The van der Waals surface area contributed by atoms with Crippen LogP contribution in [0.4, 0.5) is 5.82 Å². The molecule has 0 amide bonds. The second-order valence-corrected chi connectivity index (χ2v) is 8.15. The number of hydrogen-bond donors (Lipinski definition) is 1. The van der Waals surface area contributed by atoms with Gasteiger partial charge in [0.2, 0.25) is 0 Å². The SMILES string of the molecule is Nc1nc(-c2cc(Br)c(Cl)s2)nc(C2CCCC2)c1Br. The fourth-order valence-corrected chi connectivity index (χ4v) is 4.66. The van der Waals surface area contributed by atoms with Gasteiger partial charge in [0, 0.05) is 10.4 Å². The van der Waals surface area contributed by atoms with E-state index in [0.717, 1.165) is 19.5 Å². The van der Waals surface area contributed by atoms with Crippen molar-refractivity contribution < 1.29 is 0 Å². The molecule has 0 bridgehead atoms. The molecule has 0 aliphatic heterocycles. The maximum Gasteiger partial charge on any atom is 0.172 e. The van der Waals surface area contributed by atoms with Crippen LogP contribution in [0.1, 0.15) is 37.3 Å². The van der Waals surface area contributed by atoms with E-state index in [2.05, 4.69) is 36.8 Å². The first-order valence-corrected chi connectivity index (χ1v) is 9.12. The zero-order chi connectivity index (χ0) is 14.3. The summed E-state index contributed by atoms with van der Waals surface area (Å²) < 4.78 is 2.41. The maximum atomic E-state index is 6.09. The molecular weight excluding hydrogens is 425 g/mol. The highest BCUT2D eigenvalue weighted by atomic mass is 79.9. The summed E-state index contributed by atoms with van der Waals surface area (Å²) in [4.78, 5) is 10.0. The Hall–Kier alpha value is -0.170. The standard InChI is InChI=1S/C13H12Br2ClN3S/c14-7-5-8(20-11(7)16)13-18-10(6-3-1-2-4-6)9(15)12(17)19-13/h5-6H,1-4H2,(H2,17,18,19). The number of aromatic nitrogens is 2. The number of nitrogen functional groups attached to an aromatic ring is 1. The summed E-state index contributed by atoms with van der Waals surface area (Å²) in [7, 11) is 0. The molecule has 1 fully saturated rings. The molecule has 0 unspecified atom stereocenters. The molecule has 0 spiro atoms. The first kappa shape index (κ1) is 14.8. The number of anilines is 1. The lowest BCUT2D eigenvalue weighted by Gasteiger charge is -2.13. The van der Waals surface area contributed by atoms with Gasteiger partial charge in [-0.15, -0.1) is 11.3 Å². The summed E-state index contributed by atoms with van der Waals surface area (Å²) in [5, 5.41) is 0. The number of nitrogens with zero attached hydrogens (tertiary/aromatic N) is 2. The van der Waals surface area contributed by atoms with E-state index in [-0.39, 0.29) is 0 Å². The molecule has 0 saturated heterocycles. The fourth-order valence-electron chi connectivity index (χ4n) is 2.52. The van der Waals surface area contributed by atoms with Gasteiger partial charge in [-0.25, -0.2) is 9.97 Å². The highest BCUT2D eigenvalue weighted by molar-refractivity contribution is 9.11. The van der Waals surface area contributed by atoms with Crippen LogP contribution in [0.3, 0.4) is 0 Å². The average molecular weight is 438 g/mol. The van der Waals surface area contributed by atoms with Crippen molar-refractivity contribution >= 4 is 60.6 Å². The Labute approximate surface area is 143 Å². The monoisotopic (exact) mass is 435 g/mol. The van der Waals surface area contributed by atoms with Gasteiger partial charge in [-0.05, 0) is 50.8 Å². The minimum Gasteiger partial charge on any atom is -0.383 e. The van der Waals surface area contributed by atoms with Crippen LogP contribution >= 0.6 is 54.8 Å².